The minimum absolute atomic E-state index is 0.0509. The number of aliphatic hydroxyl groups excluding tert-OH is 1. The van der Waals surface area contributed by atoms with Gasteiger partial charge in [-0.15, -0.1) is 0 Å². The maximum atomic E-state index is 11.5. The Bertz CT molecular complexity index is 276. The first-order valence-electron chi connectivity index (χ1n) is 3.69. The molecule has 0 aromatic heterocycles. The summed E-state index contributed by atoms with van der Waals surface area (Å²) in [7, 11) is -2.12. The molecule has 0 aromatic rings. The molecule has 0 bridgehead atoms. The summed E-state index contributed by atoms with van der Waals surface area (Å²) in [5.74, 6) is 0. The molecular formula is C6H14N2O3S2. The van der Waals surface area contributed by atoms with Crippen molar-refractivity contribution < 1.29 is 13.5 Å². The number of nitrogens with two attached hydrogens (primary N) is 1. The Morgan fingerprint density at radius 3 is 2.46 bits per heavy atom. The van der Waals surface area contributed by atoms with Gasteiger partial charge in [-0.1, -0.05) is 12.2 Å². The number of rotatable bonds is 5. The number of thiocarbonyl (C=S) groups is 1. The Morgan fingerprint density at radius 2 is 2.15 bits per heavy atom. The topological polar surface area (TPSA) is 83.6 Å². The van der Waals surface area contributed by atoms with Crippen LogP contribution >= 0.6 is 12.2 Å². The number of hydrogen-bond donors (Lipinski definition) is 2. The molecule has 0 aliphatic rings. The van der Waals surface area contributed by atoms with E-state index in [1.54, 1.807) is 0 Å². The highest BCUT2D eigenvalue weighted by atomic mass is 32.2. The fraction of sp³-hybridized carbons (Fsp3) is 0.833. The van der Waals surface area contributed by atoms with E-state index in [4.69, 9.17) is 10.8 Å². The maximum absolute atomic E-state index is 11.5. The van der Waals surface area contributed by atoms with Crippen LogP contribution in [0.15, 0.2) is 0 Å². The minimum atomic E-state index is -3.49. The van der Waals surface area contributed by atoms with Crippen molar-refractivity contribution in [3.05, 3.63) is 0 Å². The first-order valence-corrected chi connectivity index (χ1v) is 5.60. The molecule has 0 radical (unpaired) electrons. The van der Waals surface area contributed by atoms with E-state index in [-0.39, 0.29) is 18.1 Å². The van der Waals surface area contributed by atoms with E-state index in [0.29, 0.717) is 0 Å². The van der Waals surface area contributed by atoms with Crippen molar-refractivity contribution >= 4 is 27.2 Å². The van der Waals surface area contributed by atoms with Crippen LogP contribution in [0.1, 0.15) is 6.92 Å². The Hall–Kier alpha value is -0.240. The molecule has 5 nitrogen and oxygen atoms in total. The molecule has 1 unspecified atom stereocenters. The number of aliphatic hydroxyl groups is 1. The summed E-state index contributed by atoms with van der Waals surface area (Å²) in [5, 5.41) is 7.66. The molecule has 13 heavy (non-hydrogen) atoms. The molecule has 1 atom stereocenters. The van der Waals surface area contributed by atoms with Crippen LogP contribution < -0.4 is 5.73 Å². The zero-order valence-corrected chi connectivity index (χ0v) is 9.23. The fourth-order valence-electron chi connectivity index (χ4n) is 0.685. The standard InChI is InChI=1S/C6H14N2O3S2/c1-5(6(7)12)13(10,11)8(2)3-4-9/h5,9H,3-4H2,1-2H3,(H2,7,12). The molecule has 3 N–H and O–H groups in total. The van der Waals surface area contributed by atoms with E-state index in [2.05, 4.69) is 12.2 Å². The van der Waals surface area contributed by atoms with Crippen LogP contribution in [0.3, 0.4) is 0 Å². The lowest BCUT2D eigenvalue weighted by Crippen LogP contribution is -2.42. The maximum Gasteiger partial charge on any atom is 0.223 e. The molecule has 0 saturated carbocycles. The van der Waals surface area contributed by atoms with E-state index in [0.717, 1.165) is 4.31 Å². The first-order chi connectivity index (χ1) is 5.84. The van der Waals surface area contributed by atoms with Crippen LogP contribution in [0.2, 0.25) is 0 Å². The molecule has 0 aliphatic heterocycles. The molecule has 0 amide bonds. The zero-order chi connectivity index (χ0) is 10.6. The summed E-state index contributed by atoms with van der Waals surface area (Å²) >= 11 is 4.58. The van der Waals surface area contributed by atoms with Gasteiger partial charge in [-0.3, -0.25) is 0 Å². The second-order valence-electron chi connectivity index (χ2n) is 2.63. The highest BCUT2D eigenvalue weighted by molar-refractivity contribution is 7.92. The van der Waals surface area contributed by atoms with Crippen molar-refractivity contribution in [1.82, 2.24) is 4.31 Å². The predicted octanol–water partition coefficient (Wildman–Crippen LogP) is -1.09. The highest BCUT2D eigenvalue weighted by Crippen LogP contribution is 2.06. The van der Waals surface area contributed by atoms with Crippen LogP contribution in [-0.2, 0) is 10.0 Å². The Kier molecular flexibility index (Phi) is 4.76. The van der Waals surface area contributed by atoms with Crippen molar-refractivity contribution in [2.45, 2.75) is 12.2 Å². The van der Waals surface area contributed by atoms with Crippen LogP contribution in [-0.4, -0.2) is 48.3 Å². The van der Waals surface area contributed by atoms with Gasteiger partial charge in [0.1, 0.15) is 5.25 Å². The molecule has 0 rings (SSSR count). The van der Waals surface area contributed by atoms with Crippen LogP contribution in [0.4, 0.5) is 0 Å². The number of likely N-dealkylation sites (N-methyl/N-ethyl adjacent to an activating group) is 1. The smallest absolute Gasteiger partial charge is 0.223 e. The molecule has 7 heteroatoms. The molecule has 0 heterocycles. The highest BCUT2D eigenvalue weighted by Gasteiger charge is 2.27. The SMILES string of the molecule is CC(C(N)=S)S(=O)(=O)N(C)CCO. The van der Waals surface area contributed by atoms with Gasteiger partial charge in [-0.2, -0.15) is 0 Å². The average Bonchev–Trinajstić information content (AvgIpc) is 2.03. The predicted molar refractivity (Wildman–Crippen MR) is 54.9 cm³/mol. The number of hydrogen-bond acceptors (Lipinski definition) is 4. The third-order valence-electron chi connectivity index (χ3n) is 1.70. The van der Waals surface area contributed by atoms with E-state index in [1.807, 2.05) is 0 Å². The quantitative estimate of drug-likeness (QED) is 0.582. The van der Waals surface area contributed by atoms with Gasteiger partial charge in [0.25, 0.3) is 0 Å². The van der Waals surface area contributed by atoms with E-state index >= 15 is 0 Å². The lowest BCUT2D eigenvalue weighted by molar-refractivity contribution is 0.266. The van der Waals surface area contributed by atoms with Gasteiger partial charge in [-0.05, 0) is 6.92 Å². The Morgan fingerprint density at radius 1 is 1.69 bits per heavy atom. The molecule has 0 aliphatic carbocycles. The monoisotopic (exact) mass is 226 g/mol. The summed E-state index contributed by atoms with van der Waals surface area (Å²) in [5.41, 5.74) is 5.22. The van der Waals surface area contributed by atoms with E-state index < -0.39 is 15.3 Å². The lowest BCUT2D eigenvalue weighted by Gasteiger charge is -2.20. The van der Waals surface area contributed by atoms with Gasteiger partial charge in [0, 0.05) is 13.6 Å². The Balaban J connectivity index is 4.66. The molecule has 78 valence electrons. The molecule has 0 aromatic carbocycles. The molecule has 0 fully saturated rings. The zero-order valence-electron chi connectivity index (χ0n) is 7.60. The van der Waals surface area contributed by atoms with Crippen LogP contribution in [0.5, 0.6) is 0 Å². The van der Waals surface area contributed by atoms with Gasteiger partial charge in [0.2, 0.25) is 10.0 Å². The van der Waals surface area contributed by atoms with Gasteiger partial charge in [0.05, 0.1) is 11.6 Å². The first kappa shape index (κ1) is 12.8. The second-order valence-corrected chi connectivity index (χ2v) is 5.47. The van der Waals surface area contributed by atoms with Crippen LogP contribution in [0, 0.1) is 0 Å². The van der Waals surface area contributed by atoms with Crippen molar-refractivity contribution in [3.63, 3.8) is 0 Å². The summed E-state index contributed by atoms with van der Waals surface area (Å²) in [6.07, 6.45) is 0. The molecule has 0 saturated heterocycles. The third-order valence-corrected chi connectivity index (χ3v) is 4.40. The minimum Gasteiger partial charge on any atom is -0.395 e. The summed E-state index contributed by atoms with van der Waals surface area (Å²) in [6, 6.07) is 0. The summed E-state index contributed by atoms with van der Waals surface area (Å²) in [6.45, 7) is 1.25. The van der Waals surface area contributed by atoms with Crippen molar-refractivity contribution in [2.75, 3.05) is 20.2 Å². The van der Waals surface area contributed by atoms with Gasteiger partial charge < -0.3 is 10.8 Å². The van der Waals surface area contributed by atoms with Crippen LogP contribution in [0.25, 0.3) is 0 Å². The van der Waals surface area contributed by atoms with Crippen molar-refractivity contribution in [3.8, 4) is 0 Å². The largest absolute Gasteiger partial charge is 0.395 e. The van der Waals surface area contributed by atoms with Crippen molar-refractivity contribution in [2.24, 2.45) is 5.73 Å². The summed E-state index contributed by atoms with van der Waals surface area (Å²) in [4.78, 5) is -0.0650. The number of nitrogens with zero attached hydrogens (tertiary/aromatic N) is 1. The normalized spacial score (nSPS) is 14.5. The van der Waals surface area contributed by atoms with E-state index in [9.17, 15) is 8.42 Å². The lowest BCUT2D eigenvalue weighted by atomic mass is 10.5. The molecule has 0 spiro atoms. The summed E-state index contributed by atoms with van der Waals surface area (Å²) < 4.78 is 24.1. The fourth-order valence-corrected chi connectivity index (χ4v) is 2.22. The van der Waals surface area contributed by atoms with Gasteiger partial charge >= 0.3 is 0 Å². The Labute approximate surface area is 83.6 Å². The van der Waals surface area contributed by atoms with E-state index in [1.165, 1.54) is 14.0 Å². The van der Waals surface area contributed by atoms with Gasteiger partial charge in [-0.25, -0.2) is 12.7 Å². The third kappa shape index (κ3) is 3.18. The van der Waals surface area contributed by atoms with Gasteiger partial charge in [0.15, 0.2) is 0 Å². The second kappa shape index (κ2) is 4.85. The van der Waals surface area contributed by atoms with Crippen molar-refractivity contribution in [1.29, 1.82) is 0 Å². The number of sulfonamides is 1. The average molecular weight is 226 g/mol. The molecular weight excluding hydrogens is 212 g/mol.